The molecule has 0 spiro atoms. The van der Waals surface area contributed by atoms with Crippen LogP contribution in [0.1, 0.15) is 74.6 Å². The van der Waals surface area contributed by atoms with Crippen LogP contribution in [0.4, 0.5) is 5.69 Å². The highest BCUT2D eigenvalue weighted by atomic mass is 16.2. The zero-order valence-electron chi connectivity index (χ0n) is 21.8. The van der Waals surface area contributed by atoms with Gasteiger partial charge in [0.25, 0.3) is 5.91 Å². The maximum atomic E-state index is 13.5. The zero-order valence-corrected chi connectivity index (χ0v) is 21.8. The summed E-state index contributed by atoms with van der Waals surface area (Å²) in [6.45, 7) is 0. The van der Waals surface area contributed by atoms with E-state index in [1.807, 2.05) is 42.5 Å². The van der Waals surface area contributed by atoms with Gasteiger partial charge in [0.1, 0.15) is 5.82 Å². The summed E-state index contributed by atoms with van der Waals surface area (Å²) in [4.78, 5) is 34.5. The van der Waals surface area contributed by atoms with Crippen LogP contribution in [-0.4, -0.2) is 27.8 Å². The molecule has 9 rings (SSSR count). The van der Waals surface area contributed by atoms with Crippen molar-refractivity contribution in [2.45, 2.75) is 70.3 Å². The largest absolute Gasteiger partial charge is 0.349 e. The Morgan fingerprint density at radius 3 is 2.24 bits per heavy atom. The first-order chi connectivity index (χ1) is 18.5. The number of imidazole rings is 1. The molecule has 3 aromatic rings. The molecule has 196 valence electrons. The highest BCUT2D eigenvalue weighted by Crippen LogP contribution is 2.60. The molecule has 6 fully saturated rings. The van der Waals surface area contributed by atoms with E-state index in [9.17, 15) is 9.59 Å². The van der Waals surface area contributed by atoms with Gasteiger partial charge in [-0.3, -0.25) is 9.59 Å². The van der Waals surface area contributed by atoms with Crippen LogP contribution in [0.5, 0.6) is 0 Å². The van der Waals surface area contributed by atoms with Gasteiger partial charge in [-0.1, -0.05) is 18.6 Å². The second-order valence-corrected chi connectivity index (χ2v) is 13.3. The fourth-order valence-electron chi connectivity index (χ4n) is 9.33. The molecule has 6 heteroatoms. The number of aromatic nitrogens is 2. The summed E-state index contributed by atoms with van der Waals surface area (Å²) in [6, 6.07) is 14.0. The fraction of sp³-hybridized carbons (Fsp3) is 0.531. The van der Waals surface area contributed by atoms with Gasteiger partial charge in [0.05, 0.1) is 16.4 Å². The molecule has 2 aromatic carbocycles. The second kappa shape index (κ2) is 8.42. The van der Waals surface area contributed by atoms with Crippen LogP contribution >= 0.6 is 0 Å². The molecule has 6 saturated carbocycles. The number of hydrogen-bond acceptors (Lipinski definition) is 3. The van der Waals surface area contributed by atoms with Gasteiger partial charge in [-0.15, -0.1) is 0 Å². The molecule has 3 unspecified atom stereocenters. The van der Waals surface area contributed by atoms with E-state index in [-0.39, 0.29) is 17.2 Å². The van der Waals surface area contributed by atoms with Gasteiger partial charge in [0.2, 0.25) is 5.91 Å². The van der Waals surface area contributed by atoms with Crippen LogP contribution in [0.2, 0.25) is 0 Å². The summed E-state index contributed by atoms with van der Waals surface area (Å²) in [5.74, 6) is 4.73. The average Bonchev–Trinajstić information content (AvgIpc) is 3.64. The van der Waals surface area contributed by atoms with Gasteiger partial charge in [-0.25, -0.2) is 4.98 Å². The van der Waals surface area contributed by atoms with Crippen molar-refractivity contribution in [2.75, 3.05) is 5.32 Å². The molecule has 1 heterocycles. The molecule has 1 aromatic heterocycles. The Kier molecular flexibility index (Phi) is 5.05. The highest BCUT2D eigenvalue weighted by Gasteiger charge is 2.54. The fourth-order valence-corrected chi connectivity index (χ4v) is 9.33. The van der Waals surface area contributed by atoms with Crippen molar-refractivity contribution in [3.05, 3.63) is 48.0 Å². The number of nitrogens with one attached hydrogen (secondary N) is 3. The zero-order chi connectivity index (χ0) is 25.4. The number of carbonyl (C=O) groups excluding carboxylic acids is 2. The van der Waals surface area contributed by atoms with Crippen LogP contribution in [-0.2, 0) is 4.79 Å². The lowest BCUT2D eigenvalue weighted by Crippen LogP contribution is -2.51. The van der Waals surface area contributed by atoms with Crippen LogP contribution in [0, 0.1) is 35.0 Å². The summed E-state index contributed by atoms with van der Waals surface area (Å²) >= 11 is 0. The lowest BCUT2D eigenvalue weighted by molar-refractivity contribution is -0.140. The number of carbonyl (C=O) groups is 2. The topological polar surface area (TPSA) is 86.9 Å². The molecule has 6 nitrogen and oxygen atoms in total. The minimum absolute atomic E-state index is 0.0260. The van der Waals surface area contributed by atoms with Crippen molar-refractivity contribution in [1.82, 2.24) is 15.3 Å². The van der Waals surface area contributed by atoms with Crippen molar-refractivity contribution in [3.63, 3.8) is 0 Å². The number of anilines is 1. The highest BCUT2D eigenvalue weighted by molar-refractivity contribution is 5.97. The number of hydrogen-bond donors (Lipinski definition) is 3. The number of aromatic amines is 1. The maximum Gasteiger partial charge on any atom is 0.251 e. The Morgan fingerprint density at radius 2 is 1.58 bits per heavy atom. The van der Waals surface area contributed by atoms with E-state index in [2.05, 4.69) is 15.6 Å². The molecule has 2 amide bonds. The minimum atomic E-state index is -0.161. The van der Waals surface area contributed by atoms with E-state index in [1.54, 1.807) is 0 Å². The van der Waals surface area contributed by atoms with Crippen molar-refractivity contribution in [3.8, 4) is 11.4 Å². The van der Waals surface area contributed by atoms with Crippen LogP contribution < -0.4 is 10.6 Å². The lowest BCUT2D eigenvalue weighted by atomic mass is 9.49. The summed E-state index contributed by atoms with van der Waals surface area (Å²) in [5, 5.41) is 6.54. The normalized spacial score (nSPS) is 34.6. The van der Waals surface area contributed by atoms with Crippen LogP contribution in [0.15, 0.2) is 42.5 Å². The van der Waals surface area contributed by atoms with E-state index >= 15 is 0 Å². The van der Waals surface area contributed by atoms with Gasteiger partial charge in [-0.2, -0.15) is 0 Å². The van der Waals surface area contributed by atoms with Crippen LogP contribution in [0.25, 0.3) is 22.4 Å². The van der Waals surface area contributed by atoms with E-state index in [0.29, 0.717) is 17.5 Å². The first kappa shape index (κ1) is 22.8. The molecule has 38 heavy (non-hydrogen) atoms. The average molecular weight is 509 g/mol. The summed E-state index contributed by atoms with van der Waals surface area (Å²) in [6.07, 6.45) is 12.2. The number of benzene rings is 2. The number of nitrogens with zero attached hydrogens (tertiary/aromatic N) is 1. The monoisotopic (exact) mass is 508 g/mol. The van der Waals surface area contributed by atoms with E-state index in [1.165, 1.54) is 38.5 Å². The number of H-pyrrole nitrogens is 1. The Hall–Kier alpha value is -3.15. The Balaban J connectivity index is 0.966. The Morgan fingerprint density at radius 1 is 0.842 bits per heavy atom. The predicted molar refractivity (Wildman–Crippen MR) is 147 cm³/mol. The van der Waals surface area contributed by atoms with Gasteiger partial charge < -0.3 is 15.6 Å². The van der Waals surface area contributed by atoms with E-state index < -0.39 is 0 Å². The number of fused-ring (bicyclic) bond motifs is 3. The second-order valence-electron chi connectivity index (χ2n) is 13.3. The molecular weight excluding hydrogens is 472 g/mol. The first-order valence-corrected chi connectivity index (χ1v) is 14.7. The molecule has 0 radical (unpaired) electrons. The minimum Gasteiger partial charge on any atom is -0.349 e. The SMILES string of the molecule is O=C(NC1CC2CCC1C2)c1ccc(-c2nc3cc(NC(=O)C45CC6CC(CC(C6)C4)C5)ccc3[nH]2)cc1. The standard InChI is InChI=1S/C32H36N4O2/c37-30(36-27-13-18-1-2-24(27)12-18)23-5-3-22(4-6-23)29-34-26-8-7-25(14-28(26)35-29)33-31(38)32-15-19-9-20(16-32)11-21(10-19)17-32/h3-8,14,18-21,24,27H,1-2,9-13,15-17H2,(H,33,38)(H,34,35)(H,36,37). The van der Waals surface area contributed by atoms with E-state index in [0.717, 1.165) is 77.5 Å². The van der Waals surface area contributed by atoms with Gasteiger partial charge in [-0.05, 0) is 118 Å². The van der Waals surface area contributed by atoms with Gasteiger partial charge in [0, 0.05) is 22.9 Å². The van der Waals surface area contributed by atoms with Crippen LogP contribution in [0.3, 0.4) is 0 Å². The van der Waals surface area contributed by atoms with Crippen molar-refractivity contribution in [2.24, 2.45) is 35.0 Å². The third-order valence-corrected chi connectivity index (χ3v) is 10.7. The Bertz CT molecular complexity index is 1390. The molecule has 6 bridgehead atoms. The van der Waals surface area contributed by atoms with Gasteiger partial charge >= 0.3 is 0 Å². The summed E-state index contributed by atoms with van der Waals surface area (Å²) < 4.78 is 0. The molecule has 0 saturated heterocycles. The molecule has 6 aliphatic carbocycles. The number of amides is 2. The van der Waals surface area contributed by atoms with E-state index in [4.69, 9.17) is 4.98 Å². The number of rotatable bonds is 5. The smallest absolute Gasteiger partial charge is 0.251 e. The summed E-state index contributed by atoms with van der Waals surface area (Å²) in [7, 11) is 0. The van der Waals surface area contributed by atoms with Crippen molar-refractivity contribution < 1.29 is 9.59 Å². The third kappa shape index (κ3) is 3.78. The van der Waals surface area contributed by atoms with Crippen molar-refractivity contribution in [1.29, 1.82) is 0 Å². The summed E-state index contributed by atoms with van der Waals surface area (Å²) in [5.41, 5.74) is 4.07. The quantitative estimate of drug-likeness (QED) is 0.378. The van der Waals surface area contributed by atoms with Crippen molar-refractivity contribution >= 4 is 28.5 Å². The molecule has 0 aliphatic heterocycles. The molecular formula is C32H36N4O2. The maximum absolute atomic E-state index is 13.5. The molecule has 3 atom stereocenters. The molecule has 3 N–H and O–H groups in total. The predicted octanol–water partition coefficient (Wildman–Crippen LogP) is 6.30. The Labute approximate surface area is 223 Å². The third-order valence-electron chi connectivity index (χ3n) is 10.7. The first-order valence-electron chi connectivity index (χ1n) is 14.7. The molecule has 6 aliphatic rings. The lowest BCUT2D eigenvalue weighted by Gasteiger charge is -2.55. The van der Waals surface area contributed by atoms with Gasteiger partial charge in [0.15, 0.2) is 0 Å².